The zero-order chi connectivity index (χ0) is 13.2. The average molecular weight is 259 g/mol. The third-order valence-corrected chi connectivity index (χ3v) is 4.08. The molecule has 1 saturated heterocycles. The summed E-state index contributed by atoms with van der Waals surface area (Å²) in [5, 5.41) is 0. The van der Waals surface area contributed by atoms with E-state index in [1.807, 2.05) is 18.3 Å². The molecule has 2 aromatic heterocycles. The van der Waals surface area contributed by atoms with Gasteiger partial charge in [-0.3, -0.25) is 0 Å². The van der Waals surface area contributed by atoms with Gasteiger partial charge in [0, 0.05) is 30.9 Å². The van der Waals surface area contributed by atoms with Crippen LogP contribution in [0.5, 0.6) is 5.75 Å². The van der Waals surface area contributed by atoms with Crippen LogP contribution in [0.2, 0.25) is 0 Å². The molecular formula is C15H21N3O. The van der Waals surface area contributed by atoms with Crippen molar-refractivity contribution in [3.63, 3.8) is 0 Å². The fourth-order valence-electron chi connectivity index (χ4n) is 2.88. The molecule has 0 saturated carbocycles. The molecule has 0 spiro atoms. The molecule has 2 aromatic rings. The van der Waals surface area contributed by atoms with Gasteiger partial charge in [-0.05, 0) is 32.5 Å². The highest BCUT2D eigenvalue weighted by atomic mass is 16.5. The molecule has 0 bridgehead atoms. The normalized spacial score (nSPS) is 20.8. The van der Waals surface area contributed by atoms with Crippen molar-refractivity contribution < 1.29 is 4.74 Å². The van der Waals surface area contributed by atoms with E-state index in [1.165, 1.54) is 31.5 Å². The lowest BCUT2D eigenvalue weighted by Gasteiger charge is -2.31. The number of aromatic nitrogens is 2. The number of ether oxygens (including phenoxy) is 1. The second kappa shape index (κ2) is 5.21. The molecule has 1 atom stereocenters. The first kappa shape index (κ1) is 12.5. The van der Waals surface area contributed by atoms with E-state index in [1.54, 1.807) is 7.11 Å². The van der Waals surface area contributed by atoms with Gasteiger partial charge < -0.3 is 14.0 Å². The van der Waals surface area contributed by atoms with Gasteiger partial charge in [-0.1, -0.05) is 6.42 Å². The summed E-state index contributed by atoms with van der Waals surface area (Å²) in [7, 11) is 3.91. The first-order chi connectivity index (χ1) is 9.26. The van der Waals surface area contributed by atoms with E-state index >= 15 is 0 Å². The first-order valence-corrected chi connectivity index (χ1v) is 6.98. The Balaban J connectivity index is 1.81. The largest absolute Gasteiger partial charge is 0.497 e. The number of nitrogens with zero attached hydrogens (tertiary/aromatic N) is 3. The van der Waals surface area contributed by atoms with Crippen LogP contribution in [0.4, 0.5) is 0 Å². The van der Waals surface area contributed by atoms with E-state index in [-0.39, 0.29) is 0 Å². The highest BCUT2D eigenvalue weighted by Gasteiger charge is 2.20. The summed E-state index contributed by atoms with van der Waals surface area (Å²) in [6, 6.07) is 4.58. The Bertz CT molecular complexity index is 564. The second-order valence-electron chi connectivity index (χ2n) is 5.40. The summed E-state index contributed by atoms with van der Waals surface area (Å²) in [5.74, 6) is 0.861. The minimum Gasteiger partial charge on any atom is -0.497 e. The van der Waals surface area contributed by atoms with Crippen molar-refractivity contribution in [1.82, 2.24) is 14.3 Å². The fraction of sp³-hybridized carbons (Fsp3) is 0.533. The lowest BCUT2D eigenvalue weighted by Crippen LogP contribution is -2.37. The standard InChI is InChI=1S/C15H21N3O/c1-17-7-4-3-5-13(17)9-12-11-18-8-6-14(19-2)10-15(18)16-12/h6,8,10-11,13H,3-5,7,9H2,1-2H3. The Hall–Kier alpha value is -1.55. The van der Waals surface area contributed by atoms with Crippen molar-refractivity contribution in [3.8, 4) is 5.75 Å². The van der Waals surface area contributed by atoms with Gasteiger partial charge in [0.05, 0.1) is 12.8 Å². The molecular weight excluding hydrogens is 238 g/mol. The van der Waals surface area contributed by atoms with Crippen molar-refractivity contribution in [2.45, 2.75) is 31.7 Å². The zero-order valence-corrected chi connectivity index (χ0v) is 11.7. The number of rotatable bonds is 3. The van der Waals surface area contributed by atoms with Crippen molar-refractivity contribution in [2.24, 2.45) is 0 Å². The summed E-state index contributed by atoms with van der Waals surface area (Å²) >= 11 is 0. The van der Waals surface area contributed by atoms with Crippen LogP contribution >= 0.6 is 0 Å². The third-order valence-electron chi connectivity index (χ3n) is 4.08. The van der Waals surface area contributed by atoms with Crippen LogP contribution in [0.25, 0.3) is 5.65 Å². The second-order valence-corrected chi connectivity index (χ2v) is 5.40. The van der Waals surface area contributed by atoms with Gasteiger partial charge in [-0.15, -0.1) is 0 Å². The van der Waals surface area contributed by atoms with Gasteiger partial charge in [0.15, 0.2) is 0 Å². The molecule has 19 heavy (non-hydrogen) atoms. The molecule has 3 rings (SSSR count). The Morgan fingerprint density at radius 3 is 3.11 bits per heavy atom. The molecule has 1 aliphatic rings. The Morgan fingerprint density at radius 2 is 2.32 bits per heavy atom. The Kier molecular flexibility index (Phi) is 3.42. The highest BCUT2D eigenvalue weighted by Crippen LogP contribution is 2.20. The molecule has 0 aromatic carbocycles. The van der Waals surface area contributed by atoms with Crippen LogP contribution in [0, 0.1) is 0 Å². The Morgan fingerprint density at radius 1 is 1.42 bits per heavy atom. The molecule has 0 radical (unpaired) electrons. The maximum absolute atomic E-state index is 5.24. The summed E-state index contributed by atoms with van der Waals surface area (Å²) in [5.41, 5.74) is 2.14. The summed E-state index contributed by atoms with van der Waals surface area (Å²) in [4.78, 5) is 7.17. The Labute approximate surface area is 114 Å². The monoisotopic (exact) mass is 259 g/mol. The van der Waals surface area contributed by atoms with Crippen LogP contribution in [0.1, 0.15) is 25.0 Å². The molecule has 1 aliphatic heterocycles. The van der Waals surface area contributed by atoms with Crippen molar-refractivity contribution in [2.75, 3.05) is 20.7 Å². The molecule has 102 valence electrons. The van der Waals surface area contributed by atoms with E-state index < -0.39 is 0 Å². The maximum atomic E-state index is 5.24. The molecule has 1 fully saturated rings. The minimum atomic E-state index is 0.639. The van der Waals surface area contributed by atoms with Crippen LogP contribution < -0.4 is 4.74 Å². The lowest BCUT2D eigenvalue weighted by molar-refractivity contribution is 0.184. The number of imidazole rings is 1. The van der Waals surface area contributed by atoms with Crippen LogP contribution in [0.3, 0.4) is 0 Å². The molecule has 3 heterocycles. The number of likely N-dealkylation sites (N-methyl/N-ethyl adjacent to an activating group) is 1. The number of methoxy groups -OCH3 is 1. The SMILES string of the molecule is COc1ccn2cc(CC3CCCCN3C)nc2c1. The van der Waals surface area contributed by atoms with Gasteiger partial charge >= 0.3 is 0 Å². The zero-order valence-electron chi connectivity index (χ0n) is 11.7. The molecule has 4 nitrogen and oxygen atoms in total. The predicted octanol–water partition coefficient (Wildman–Crippen LogP) is 2.37. The topological polar surface area (TPSA) is 29.8 Å². The van der Waals surface area contributed by atoms with Crippen molar-refractivity contribution >= 4 is 5.65 Å². The number of pyridine rings is 1. The maximum Gasteiger partial charge on any atom is 0.140 e. The van der Waals surface area contributed by atoms with Gasteiger partial charge in [-0.2, -0.15) is 0 Å². The van der Waals surface area contributed by atoms with E-state index in [4.69, 9.17) is 9.72 Å². The van der Waals surface area contributed by atoms with Gasteiger partial charge in [-0.25, -0.2) is 4.98 Å². The van der Waals surface area contributed by atoms with E-state index in [0.717, 1.165) is 17.8 Å². The van der Waals surface area contributed by atoms with Gasteiger partial charge in [0.1, 0.15) is 11.4 Å². The molecule has 0 N–H and O–H groups in total. The number of likely N-dealkylation sites (tertiary alicyclic amines) is 1. The number of fused-ring (bicyclic) bond motifs is 1. The quantitative estimate of drug-likeness (QED) is 0.847. The van der Waals surface area contributed by atoms with E-state index in [2.05, 4.69) is 22.5 Å². The van der Waals surface area contributed by atoms with Crippen LogP contribution in [-0.4, -0.2) is 41.0 Å². The third kappa shape index (κ3) is 2.59. The highest BCUT2D eigenvalue weighted by molar-refractivity contribution is 5.45. The van der Waals surface area contributed by atoms with Crippen LogP contribution in [0.15, 0.2) is 24.5 Å². The van der Waals surface area contributed by atoms with Gasteiger partial charge in [0.25, 0.3) is 0 Å². The average Bonchev–Trinajstić information content (AvgIpc) is 2.82. The molecule has 4 heteroatoms. The molecule has 1 unspecified atom stereocenters. The van der Waals surface area contributed by atoms with Gasteiger partial charge in [0.2, 0.25) is 0 Å². The van der Waals surface area contributed by atoms with Crippen LogP contribution in [-0.2, 0) is 6.42 Å². The molecule has 0 aliphatic carbocycles. The van der Waals surface area contributed by atoms with E-state index in [0.29, 0.717) is 6.04 Å². The summed E-state index contributed by atoms with van der Waals surface area (Å²) < 4.78 is 7.31. The summed E-state index contributed by atoms with van der Waals surface area (Å²) in [6.45, 7) is 1.21. The van der Waals surface area contributed by atoms with Crippen molar-refractivity contribution in [3.05, 3.63) is 30.2 Å². The number of piperidine rings is 1. The van der Waals surface area contributed by atoms with E-state index in [9.17, 15) is 0 Å². The summed E-state index contributed by atoms with van der Waals surface area (Å²) in [6.07, 6.45) is 9.15. The smallest absolute Gasteiger partial charge is 0.140 e. The fourth-order valence-corrected chi connectivity index (χ4v) is 2.88. The molecule has 0 amide bonds. The predicted molar refractivity (Wildman–Crippen MR) is 75.7 cm³/mol. The van der Waals surface area contributed by atoms with Crippen molar-refractivity contribution in [1.29, 1.82) is 0 Å². The lowest BCUT2D eigenvalue weighted by atomic mass is 9.99. The first-order valence-electron chi connectivity index (χ1n) is 6.98. The minimum absolute atomic E-state index is 0.639. The number of hydrogen-bond acceptors (Lipinski definition) is 3. The number of hydrogen-bond donors (Lipinski definition) is 0.